The van der Waals surface area contributed by atoms with Crippen LogP contribution in [0.1, 0.15) is 43.2 Å². The first-order valence-corrected chi connectivity index (χ1v) is 11.1. The third-order valence-corrected chi connectivity index (χ3v) is 5.75. The number of carbonyl (C=O) groups is 1. The van der Waals surface area contributed by atoms with Crippen molar-refractivity contribution in [1.82, 2.24) is 5.32 Å². The van der Waals surface area contributed by atoms with Gasteiger partial charge in [-0.3, -0.25) is 9.10 Å². The Hall–Kier alpha value is -1.60. The Labute approximate surface area is 157 Å². The Kier molecular flexibility index (Phi) is 7.46. The van der Waals surface area contributed by atoms with Gasteiger partial charge in [-0.05, 0) is 50.3 Å². The van der Waals surface area contributed by atoms with Crippen LogP contribution in [0.5, 0.6) is 0 Å². The van der Waals surface area contributed by atoms with Crippen LogP contribution in [0.15, 0.2) is 18.2 Å². The van der Waals surface area contributed by atoms with Crippen LogP contribution in [0.25, 0.3) is 0 Å². The minimum absolute atomic E-state index is 0.216. The van der Waals surface area contributed by atoms with Crippen LogP contribution in [0.3, 0.4) is 0 Å². The van der Waals surface area contributed by atoms with Gasteiger partial charge in [-0.2, -0.15) is 0 Å². The summed E-state index contributed by atoms with van der Waals surface area (Å²) in [5, 5.41) is 2.79. The molecule has 0 atom stereocenters. The number of sulfonamides is 1. The van der Waals surface area contributed by atoms with Crippen molar-refractivity contribution in [2.45, 2.75) is 52.1 Å². The average molecular weight is 383 g/mol. The normalized spacial score (nSPS) is 15.2. The van der Waals surface area contributed by atoms with Gasteiger partial charge in [0.05, 0.1) is 18.0 Å². The Morgan fingerprint density at radius 1 is 1.27 bits per heavy atom. The van der Waals surface area contributed by atoms with Crippen LogP contribution in [-0.2, 0) is 19.6 Å². The number of rotatable bonds is 9. The summed E-state index contributed by atoms with van der Waals surface area (Å²) in [6.45, 7) is 4.62. The zero-order valence-electron chi connectivity index (χ0n) is 16.0. The van der Waals surface area contributed by atoms with Gasteiger partial charge >= 0.3 is 0 Å². The van der Waals surface area contributed by atoms with Crippen molar-refractivity contribution in [2.24, 2.45) is 0 Å². The number of carbonyl (C=O) groups excluding carboxylic acids is 1. The number of hydrogen-bond acceptors (Lipinski definition) is 4. The topological polar surface area (TPSA) is 75.7 Å². The van der Waals surface area contributed by atoms with Gasteiger partial charge in [-0.15, -0.1) is 0 Å². The Bertz CT molecular complexity index is 712. The minimum Gasteiger partial charge on any atom is -0.378 e. The van der Waals surface area contributed by atoms with Crippen molar-refractivity contribution in [2.75, 3.05) is 30.3 Å². The van der Waals surface area contributed by atoms with E-state index in [1.54, 1.807) is 6.07 Å². The maximum atomic E-state index is 12.2. The van der Waals surface area contributed by atoms with Gasteiger partial charge in [-0.25, -0.2) is 8.42 Å². The van der Waals surface area contributed by atoms with Gasteiger partial charge in [0.2, 0.25) is 15.9 Å². The largest absolute Gasteiger partial charge is 0.378 e. The van der Waals surface area contributed by atoms with Crippen LogP contribution >= 0.6 is 0 Å². The first kappa shape index (κ1) is 20.7. The van der Waals surface area contributed by atoms with E-state index in [2.05, 4.69) is 5.32 Å². The Morgan fingerprint density at radius 3 is 2.62 bits per heavy atom. The molecule has 7 heteroatoms. The molecule has 1 aromatic carbocycles. The Morgan fingerprint density at radius 2 is 1.96 bits per heavy atom. The summed E-state index contributed by atoms with van der Waals surface area (Å²) in [7, 11) is -3.55. The third kappa shape index (κ3) is 6.29. The molecular weight excluding hydrogens is 352 g/mol. The minimum atomic E-state index is -3.55. The molecule has 0 unspecified atom stereocenters. The maximum absolute atomic E-state index is 12.2. The third-order valence-electron chi connectivity index (χ3n) is 4.62. The molecule has 26 heavy (non-hydrogen) atoms. The molecule has 0 saturated heterocycles. The van der Waals surface area contributed by atoms with Gasteiger partial charge in [0.25, 0.3) is 0 Å². The van der Waals surface area contributed by atoms with Crippen molar-refractivity contribution in [3.8, 4) is 0 Å². The van der Waals surface area contributed by atoms with E-state index >= 15 is 0 Å². The molecule has 0 aliphatic heterocycles. The van der Waals surface area contributed by atoms with Crippen LogP contribution in [0.2, 0.25) is 0 Å². The van der Waals surface area contributed by atoms with E-state index in [1.807, 2.05) is 26.0 Å². The van der Waals surface area contributed by atoms with E-state index in [9.17, 15) is 13.2 Å². The van der Waals surface area contributed by atoms with Gasteiger partial charge in [0, 0.05) is 13.2 Å². The van der Waals surface area contributed by atoms with Crippen molar-refractivity contribution < 1.29 is 17.9 Å². The van der Waals surface area contributed by atoms with Crippen molar-refractivity contribution in [1.29, 1.82) is 0 Å². The highest BCUT2D eigenvalue weighted by Crippen LogP contribution is 2.23. The fourth-order valence-corrected chi connectivity index (χ4v) is 4.07. The zero-order chi connectivity index (χ0) is 19.2. The van der Waals surface area contributed by atoms with E-state index in [-0.39, 0.29) is 12.5 Å². The molecule has 2 rings (SSSR count). The summed E-state index contributed by atoms with van der Waals surface area (Å²) in [5.74, 6) is -0.308. The first-order valence-electron chi connectivity index (χ1n) is 9.20. The molecule has 1 fully saturated rings. The van der Waals surface area contributed by atoms with E-state index in [4.69, 9.17) is 4.74 Å². The predicted octanol–water partition coefficient (Wildman–Crippen LogP) is 2.53. The first-order chi connectivity index (χ1) is 12.3. The summed E-state index contributed by atoms with van der Waals surface area (Å²) in [4.78, 5) is 12.2. The highest BCUT2D eigenvalue weighted by molar-refractivity contribution is 7.92. The van der Waals surface area contributed by atoms with Gasteiger partial charge < -0.3 is 10.1 Å². The summed E-state index contributed by atoms with van der Waals surface area (Å²) in [6.07, 6.45) is 6.96. The summed E-state index contributed by atoms with van der Waals surface area (Å²) >= 11 is 0. The molecular formula is C19H30N2O4S. The predicted molar refractivity (Wildman–Crippen MR) is 104 cm³/mol. The molecule has 1 saturated carbocycles. The van der Waals surface area contributed by atoms with Crippen LogP contribution in [-0.4, -0.2) is 46.4 Å². The molecule has 0 spiro atoms. The van der Waals surface area contributed by atoms with Gasteiger partial charge in [-0.1, -0.05) is 25.0 Å². The zero-order valence-corrected chi connectivity index (χ0v) is 16.8. The number of ether oxygens (including phenoxy) is 1. The van der Waals surface area contributed by atoms with Gasteiger partial charge in [0.15, 0.2) is 0 Å². The number of amides is 1. The lowest BCUT2D eigenvalue weighted by molar-refractivity contribution is -0.119. The van der Waals surface area contributed by atoms with Crippen molar-refractivity contribution >= 4 is 21.6 Å². The number of benzene rings is 1. The lowest BCUT2D eigenvalue weighted by atomic mass is 10.1. The molecule has 1 aliphatic carbocycles. The van der Waals surface area contributed by atoms with Crippen LogP contribution < -0.4 is 9.62 Å². The molecule has 1 aromatic rings. The van der Waals surface area contributed by atoms with Crippen molar-refractivity contribution in [3.63, 3.8) is 0 Å². The van der Waals surface area contributed by atoms with E-state index < -0.39 is 10.0 Å². The fraction of sp³-hybridized carbons (Fsp3) is 0.632. The molecule has 1 N–H and O–H groups in total. The van der Waals surface area contributed by atoms with Crippen LogP contribution in [0.4, 0.5) is 5.69 Å². The molecule has 6 nitrogen and oxygen atoms in total. The number of anilines is 1. The molecule has 0 radical (unpaired) electrons. The smallest absolute Gasteiger partial charge is 0.240 e. The SMILES string of the molecule is Cc1ccc(C)c(N(CC(=O)NCCCOC2CCCC2)S(C)(=O)=O)c1. The van der Waals surface area contributed by atoms with E-state index in [1.165, 1.54) is 17.1 Å². The van der Waals surface area contributed by atoms with E-state index in [0.29, 0.717) is 24.9 Å². The Balaban J connectivity index is 1.85. The second-order valence-electron chi connectivity index (χ2n) is 7.04. The summed E-state index contributed by atoms with van der Waals surface area (Å²) in [5.41, 5.74) is 2.31. The lowest BCUT2D eigenvalue weighted by Gasteiger charge is -2.24. The number of nitrogens with one attached hydrogen (secondary N) is 1. The van der Waals surface area contributed by atoms with Crippen LogP contribution in [0, 0.1) is 13.8 Å². The molecule has 0 heterocycles. The molecule has 1 aliphatic rings. The maximum Gasteiger partial charge on any atom is 0.240 e. The van der Waals surface area contributed by atoms with Gasteiger partial charge in [0.1, 0.15) is 6.54 Å². The van der Waals surface area contributed by atoms with E-state index in [0.717, 1.165) is 36.6 Å². The van der Waals surface area contributed by atoms with Crippen molar-refractivity contribution in [3.05, 3.63) is 29.3 Å². The second kappa shape index (κ2) is 9.37. The second-order valence-corrected chi connectivity index (χ2v) is 8.95. The highest BCUT2D eigenvalue weighted by Gasteiger charge is 2.22. The standard InChI is InChI=1S/C19H30N2O4S/c1-15-9-10-16(2)18(13-15)21(26(3,23)24)14-19(22)20-11-6-12-25-17-7-4-5-8-17/h9-10,13,17H,4-8,11-12,14H2,1-3H3,(H,20,22). The lowest BCUT2D eigenvalue weighted by Crippen LogP contribution is -2.41. The fourth-order valence-electron chi connectivity index (χ4n) is 3.16. The monoisotopic (exact) mass is 382 g/mol. The number of nitrogens with zero attached hydrogens (tertiary/aromatic N) is 1. The number of aryl methyl sites for hydroxylation is 2. The summed E-state index contributed by atoms with van der Waals surface area (Å²) in [6, 6.07) is 5.57. The molecule has 1 amide bonds. The molecule has 0 aromatic heterocycles. The molecule has 0 bridgehead atoms. The average Bonchev–Trinajstić information content (AvgIpc) is 3.07. The molecule has 146 valence electrons. The summed E-state index contributed by atoms with van der Waals surface area (Å²) < 4.78 is 31.3. The highest BCUT2D eigenvalue weighted by atomic mass is 32.2. The quantitative estimate of drug-likeness (QED) is 0.666. The number of hydrogen-bond donors (Lipinski definition) is 1.